The molecule has 3 aliphatic carbocycles. The molecule has 13 rings (SSSR count). The van der Waals surface area contributed by atoms with E-state index in [1.54, 1.807) is 46.9 Å². The SMILES string of the molecule is C[C@H]1C[C@]1(c1noc(=O)[nH]1)n1c(C(=O)N2CC3c4nn(-c5ccc(F)c(C6CC6)c5)c(-n5ccn(-c6ccc7c(cnn7C)c6F)c5=O)c4C32)cc2cc([C@H]3CCOC(C)(C)C3)ccc21. The summed E-state index contributed by atoms with van der Waals surface area (Å²) in [5.74, 6) is -0.731. The number of halogens is 2. The van der Waals surface area contributed by atoms with Gasteiger partial charge in [-0.25, -0.2) is 23.1 Å². The van der Waals surface area contributed by atoms with Crippen LogP contribution in [0.1, 0.15) is 115 Å². The molecular formula is C48H44F2N10O5. The fourth-order valence-electron chi connectivity index (χ4n) is 11.4. The molecule has 1 amide bonds. The van der Waals surface area contributed by atoms with Gasteiger partial charge in [0.25, 0.3) is 5.91 Å². The molecule has 330 valence electrons. The predicted molar refractivity (Wildman–Crippen MR) is 233 cm³/mol. The second-order valence-electron chi connectivity index (χ2n) is 19.4. The maximum atomic E-state index is 16.1. The van der Waals surface area contributed by atoms with Crippen molar-refractivity contribution < 1.29 is 22.8 Å². The molecule has 5 aliphatic rings. The van der Waals surface area contributed by atoms with Gasteiger partial charge in [0.2, 0.25) is 0 Å². The summed E-state index contributed by atoms with van der Waals surface area (Å²) in [5, 5.41) is 14.6. The smallest absolute Gasteiger partial charge is 0.376 e. The van der Waals surface area contributed by atoms with Gasteiger partial charge < -0.3 is 14.2 Å². The second-order valence-corrected chi connectivity index (χ2v) is 19.4. The highest BCUT2D eigenvalue weighted by atomic mass is 19.1. The topological polar surface area (TPSA) is 156 Å². The number of likely N-dealkylation sites (tertiary alicyclic amines) is 1. The lowest BCUT2D eigenvalue weighted by Crippen LogP contribution is -2.57. The van der Waals surface area contributed by atoms with Crippen LogP contribution in [0.5, 0.6) is 0 Å². The van der Waals surface area contributed by atoms with Gasteiger partial charge in [-0.1, -0.05) is 18.1 Å². The first-order chi connectivity index (χ1) is 31.3. The zero-order valence-corrected chi connectivity index (χ0v) is 36.1. The highest BCUT2D eigenvalue weighted by Crippen LogP contribution is 2.60. The molecule has 1 N–H and O–H groups in total. The normalized spacial score (nSPS) is 24.2. The highest BCUT2D eigenvalue weighted by molar-refractivity contribution is 6.00. The number of aromatic amines is 1. The van der Waals surface area contributed by atoms with Gasteiger partial charge in [-0.2, -0.15) is 10.2 Å². The van der Waals surface area contributed by atoms with Crippen LogP contribution in [0.15, 0.2) is 87.3 Å². The van der Waals surface area contributed by atoms with E-state index in [-0.39, 0.29) is 52.1 Å². The summed E-state index contributed by atoms with van der Waals surface area (Å²) in [7, 11) is 1.72. The van der Waals surface area contributed by atoms with Crippen LogP contribution in [0.3, 0.4) is 0 Å². The number of rotatable bonds is 8. The summed E-state index contributed by atoms with van der Waals surface area (Å²) in [6, 6.07) is 16.0. The molecule has 15 nitrogen and oxygen atoms in total. The first-order valence-corrected chi connectivity index (χ1v) is 22.3. The van der Waals surface area contributed by atoms with E-state index in [4.69, 9.17) is 14.4 Å². The molecular weight excluding hydrogens is 835 g/mol. The summed E-state index contributed by atoms with van der Waals surface area (Å²) in [4.78, 5) is 47.0. The Morgan fingerprint density at radius 3 is 2.49 bits per heavy atom. The molecule has 2 saturated heterocycles. The Balaban J connectivity index is 0.941. The van der Waals surface area contributed by atoms with Crippen LogP contribution in [-0.2, 0) is 17.3 Å². The third-order valence-corrected chi connectivity index (χ3v) is 15.0. The van der Waals surface area contributed by atoms with Crippen LogP contribution in [0, 0.1) is 17.6 Å². The number of fused-ring (bicyclic) bond motifs is 6. The molecule has 17 heteroatoms. The Hall–Kier alpha value is -6.88. The zero-order chi connectivity index (χ0) is 44.4. The number of H-pyrrole nitrogens is 1. The Labute approximate surface area is 368 Å². The van der Waals surface area contributed by atoms with E-state index in [0.717, 1.165) is 42.3 Å². The number of aryl methyl sites for hydroxylation is 1. The number of amides is 1. The minimum atomic E-state index is -0.835. The van der Waals surface area contributed by atoms with Crippen molar-refractivity contribution in [3.8, 4) is 17.2 Å². The van der Waals surface area contributed by atoms with E-state index < -0.39 is 28.8 Å². The lowest BCUT2D eigenvalue weighted by atomic mass is 9.69. The lowest BCUT2D eigenvalue weighted by molar-refractivity contribution is -0.0592. The molecule has 5 aromatic heterocycles. The molecule has 8 aromatic rings. The number of benzene rings is 3. The van der Waals surface area contributed by atoms with E-state index in [2.05, 4.69) is 54.2 Å². The minimum absolute atomic E-state index is 0.0153. The van der Waals surface area contributed by atoms with Gasteiger partial charge in [0.05, 0.1) is 45.8 Å². The number of carbonyl (C=O) groups excluding carboxylic acids is 1. The highest BCUT2D eigenvalue weighted by Gasteiger charge is 2.61. The number of carbonyl (C=O) groups is 1. The maximum absolute atomic E-state index is 16.1. The van der Waals surface area contributed by atoms with E-state index in [1.807, 2.05) is 15.5 Å². The van der Waals surface area contributed by atoms with Crippen molar-refractivity contribution in [1.29, 1.82) is 0 Å². The molecule has 2 aliphatic heterocycles. The number of aromatic nitrogens is 9. The van der Waals surface area contributed by atoms with Crippen molar-refractivity contribution in [3.63, 3.8) is 0 Å². The minimum Gasteiger partial charge on any atom is -0.376 e. The third kappa shape index (κ3) is 5.41. The zero-order valence-electron chi connectivity index (χ0n) is 36.1. The molecule has 2 saturated carbocycles. The number of ether oxygens (including phenoxy) is 1. The lowest BCUT2D eigenvalue weighted by Gasteiger charge is -2.54. The van der Waals surface area contributed by atoms with Gasteiger partial charge in [-0.3, -0.25) is 28.1 Å². The average molecular weight is 879 g/mol. The average Bonchev–Trinajstić information content (AvgIpc) is 3.89. The van der Waals surface area contributed by atoms with E-state index in [9.17, 15) is 9.59 Å². The van der Waals surface area contributed by atoms with Crippen molar-refractivity contribution >= 4 is 27.7 Å². The number of hydrogen-bond donors (Lipinski definition) is 1. The Morgan fingerprint density at radius 1 is 0.938 bits per heavy atom. The summed E-state index contributed by atoms with van der Waals surface area (Å²) < 4.78 is 50.4. The summed E-state index contributed by atoms with van der Waals surface area (Å²) in [5.41, 5.74) is 4.06. The molecule has 65 heavy (non-hydrogen) atoms. The van der Waals surface area contributed by atoms with Crippen LogP contribution >= 0.6 is 0 Å². The maximum Gasteiger partial charge on any atom is 0.438 e. The Morgan fingerprint density at radius 2 is 1.74 bits per heavy atom. The van der Waals surface area contributed by atoms with Gasteiger partial charge in [0, 0.05) is 55.0 Å². The van der Waals surface area contributed by atoms with Crippen molar-refractivity contribution in [3.05, 3.63) is 140 Å². The number of imidazole rings is 1. The summed E-state index contributed by atoms with van der Waals surface area (Å²) >= 11 is 0. The first-order valence-electron chi connectivity index (χ1n) is 22.3. The number of nitrogens with one attached hydrogen (secondary N) is 1. The van der Waals surface area contributed by atoms with Gasteiger partial charge >= 0.3 is 11.4 Å². The molecule has 3 aromatic carbocycles. The van der Waals surface area contributed by atoms with E-state index >= 15 is 13.6 Å². The molecule has 0 bridgehead atoms. The van der Waals surface area contributed by atoms with Crippen LogP contribution in [0.25, 0.3) is 39.0 Å². The van der Waals surface area contributed by atoms with Gasteiger partial charge in [0.15, 0.2) is 11.6 Å². The standard InChI is InChI=1S/C48H44F2N10O5/c1-24-20-48(24,44-52-45(62)65-54-44)59-34-10-7-26(27-13-16-64-47(2,3)21-27)17-28(34)18-37(59)43(61)58-23-32-40-38(41(32)58)42(60(53-40)29-8-9-33(49)30(19-29)25-5-6-25)57-15-14-56(46(57)63)36-12-11-35-31(39(36)50)22-51-55(35)4/h7-12,14-15,17-19,22,24-25,27,32,41H,5-6,13,16,20-21,23H2,1-4H3,(H,52,54,62)/t24-,27-,32?,41?,48-/m0/s1. The van der Waals surface area contributed by atoms with Crippen LogP contribution in [0.4, 0.5) is 8.78 Å². The van der Waals surface area contributed by atoms with Gasteiger partial charge in [-0.15, -0.1) is 0 Å². The van der Waals surface area contributed by atoms with Crippen molar-refractivity contribution in [2.24, 2.45) is 13.0 Å². The molecule has 2 unspecified atom stereocenters. The molecule has 0 spiro atoms. The molecule has 5 atom stereocenters. The predicted octanol–water partition coefficient (Wildman–Crippen LogP) is 7.24. The molecule has 4 fully saturated rings. The Bertz CT molecular complexity index is 3470. The second kappa shape index (κ2) is 13.1. The van der Waals surface area contributed by atoms with Gasteiger partial charge in [0.1, 0.15) is 22.9 Å². The first kappa shape index (κ1) is 38.6. The van der Waals surface area contributed by atoms with Crippen LogP contribution in [0.2, 0.25) is 0 Å². The van der Waals surface area contributed by atoms with Crippen LogP contribution in [-0.4, -0.2) is 73.0 Å². The van der Waals surface area contributed by atoms with E-state index in [1.165, 1.54) is 33.2 Å². The van der Waals surface area contributed by atoms with Crippen LogP contribution < -0.4 is 11.4 Å². The fourth-order valence-corrected chi connectivity index (χ4v) is 11.4. The van der Waals surface area contributed by atoms with Crippen molar-refractivity contribution in [2.75, 3.05) is 13.2 Å². The van der Waals surface area contributed by atoms with Crippen molar-refractivity contribution in [2.45, 2.75) is 87.8 Å². The summed E-state index contributed by atoms with van der Waals surface area (Å²) in [6.07, 6.45) is 8.68. The van der Waals surface area contributed by atoms with E-state index in [0.29, 0.717) is 59.2 Å². The number of hydrogen-bond acceptors (Lipinski definition) is 8. The van der Waals surface area contributed by atoms with Crippen molar-refractivity contribution in [1.82, 2.24) is 48.3 Å². The fraction of sp³-hybridized carbons (Fsp3) is 0.375. The molecule has 7 heterocycles. The third-order valence-electron chi connectivity index (χ3n) is 15.0. The quantitative estimate of drug-likeness (QED) is 0.168. The molecule has 0 radical (unpaired) electrons. The van der Waals surface area contributed by atoms with Gasteiger partial charge in [-0.05, 0) is 123 Å². The largest absolute Gasteiger partial charge is 0.438 e. The Kier molecular flexibility index (Phi) is 7.78. The summed E-state index contributed by atoms with van der Waals surface area (Å²) in [6.45, 7) is 7.34. The number of nitrogens with zero attached hydrogens (tertiary/aromatic N) is 9. The monoisotopic (exact) mass is 878 g/mol.